The molecule has 0 unspecified atom stereocenters. The fourth-order valence-corrected chi connectivity index (χ4v) is 4.15. The quantitative estimate of drug-likeness (QED) is 0.468. The number of anilines is 2. The van der Waals surface area contributed by atoms with E-state index in [1.165, 1.54) is 30.6 Å². The molecule has 0 aliphatic carbocycles. The fourth-order valence-electron chi connectivity index (χ4n) is 3.07. The van der Waals surface area contributed by atoms with Gasteiger partial charge >= 0.3 is 0 Å². The Labute approximate surface area is 181 Å². The third-order valence-corrected chi connectivity index (χ3v) is 5.65. The van der Waals surface area contributed by atoms with Crippen LogP contribution in [-0.4, -0.2) is 35.3 Å². The number of ether oxygens (including phenoxy) is 1. The van der Waals surface area contributed by atoms with Crippen LogP contribution < -0.4 is 10.6 Å². The number of benzene rings is 2. The Kier molecular flexibility index (Phi) is 5.79. The molecule has 158 valence electrons. The van der Waals surface area contributed by atoms with Gasteiger partial charge in [0.1, 0.15) is 17.3 Å². The zero-order chi connectivity index (χ0) is 22.0. The number of carbonyl (C=O) groups excluding carboxylic acids is 2. The molecule has 0 aliphatic rings. The van der Waals surface area contributed by atoms with Crippen LogP contribution >= 0.6 is 11.3 Å². The number of fused-ring (bicyclic) bond motifs is 1. The van der Waals surface area contributed by atoms with Crippen LogP contribution in [0.3, 0.4) is 0 Å². The lowest BCUT2D eigenvalue weighted by Gasteiger charge is -2.07. The van der Waals surface area contributed by atoms with Gasteiger partial charge in [-0.2, -0.15) is 5.10 Å². The van der Waals surface area contributed by atoms with E-state index in [-0.39, 0.29) is 24.2 Å². The molecule has 2 heterocycles. The summed E-state index contributed by atoms with van der Waals surface area (Å²) in [5.41, 5.74) is 2.71. The molecule has 31 heavy (non-hydrogen) atoms. The molecule has 0 fully saturated rings. The molecule has 0 aliphatic heterocycles. The highest BCUT2D eigenvalue weighted by atomic mass is 32.1. The van der Waals surface area contributed by atoms with E-state index in [1.807, 2.05) is 6.92 Å². The SMILES string of the molecule is COCC(=O)Nc1ccc(NC(=O)c2cc3c(C)nn(-c4ccc(F)cc4)c3s2)cc1. The summed E-state index contributed by atoms with van der Waals surface area (Å²) >= 11 is 1.31. The Morgan fingerprint density at radius 2 is 1.71 bits per heavy atom. The monoisotopic (exact) mass is 438 g/mol. The van der Waals surface area contributed by atoms with Gasteiger partial charge in [0.05, 0.1) is 16.3 Å². The van der Waals surface area contributed by atoms with Gasteiger partial charge in [-0.1, -0.05) is 0 Å². The van der Waals surface area contributed by atoms with Crippen molar-refractivity contribution < 1.29 is 18.7 Å². The summed E-state index contributed by atoms with van der Waals surface area (Å²) in [6.07, 6.45) is 0. The second-order valence-electron chi connectivity index (χ2n) is 6.82. The third kappa shape index (κ3) is 4.47. The zero-order valence-corrected chi connectivity index (χ0v) is 17.6. The van der Waals surface area contributed by atoms with E-state index in [1.54, 1.807) is 47.1 Å². The second kappa shape index (κ2) is 8.66. The molecule has 4 aromatic rings. The number of hydrogen-bond acceptors (Lipinski definition) is 5. The average Bonchev–Trinajstić information content (AvgIpc) is 3.31. The van der Waals surface area contributed by atoms with Crippen LogP contribution in [0.4, 0.5) is 15.8 Å². The maximum absolute atomic E-state index is 13.3. The minimum Gasteiger partial charge on any atom is -0.375 e. The van der Waals surface area contributed by atoms with Crippen molar-refractivity contribution in [3.63, 3.8) is 0 Å². The number of halogens is 1. The van der Waals surface area contributed by atoms with Crippen LogP contribution in [0.25, 0.3) is 15.9 Å². The van der Waals surface area contributed by atoms with Crippen molar-refractivity contribution in [2.24, 2.45) is 0 Å². The molecule has 2 amide bonds. The zero-order valence-electron chi connectivity index (χ0n) is 16.8. The molecule has 0 atom stereocenters. The molecule has 4 rings (SSSR count). The van der Waals surface area contributed by atoms with E-state index >= 15 is 0 Å². The smallest absolute Gasteiger partial charge is 0.265 e. The van der Waals surface area contributed by atoms with Gasteiger partial charge in [0, 0.05) is 23.9 Å². The molecule has 9 heteroatoms. The first-order valence-electron chi connectivity index (χ1n) is 9.40. The number of methoxy groups -OCH3 is 1. The standard InChI is InChI=1S/C22H19FN4O3S/c1-13-18-11-19(31-22(18)27(26-13)17-9-3-14(23)4-10-17)21(29)25-16-7-5-15(6-8-16)24-20(28)12-30-2/h3-11H,12H2,1-2H3,(H,24,28)(H,25,29). The number of nitrogens with zero attached hydrogens (tertiary/aromatic N) is 2. The summed E-state index contributed by atoms with van der Waals surface area (Å²) in [6, 6.07) is 14.7. The molecular formula is C22H19FN4O3S. The van der Waals surface area contributed by atoms with E-state index in [0.717, 1.165) is 21.6 Å². The van der Waals surface area contributed by atoms with E-state index < -0.39 is 0 Å². The summed E-state index contributed by atoms with van der Waals surface area (Å²) in [7, 11) is 1.45. The topological polar surface area (TPSA) is 85.2 Å². The van der Waals surface area contributed by atoms with Crippen LogP contribution in [0.2, 0.25) is 0 Å². The number of amides is 2. The largest absolute Gasteiger partial charge is 0.375 e. The van der Waals surface area contributed by atoms with E-state index in [0.29, 0.717) is 16.3 Å². The predicted octanol–water partition coefficient (Wildman–Crippen LogP) is 4.37. The highest BCUT2D eigenvalue weighted by molar-refractivity contribution is 7.20. The molecular weight excluding hydrogens is 419 g/mol. The van der Waals surface area contributed by atoms with Gasteiger partial charge in [-0.05, 0) is 61.5 Å². The molecule has 2 aromatic heterocycles. The maximum atomic E-state index is 13.3. The summed E-state index contributed by atoms with van der Waals surface area (Å²) < 4.78 is 19.7. The van der Waals surface area contributed by atoms with Gasteiger partial charge in [-0.15, -0.1) is 11.3 Å². The Bertz CT molecular complexity index is 1250. The number of aromatic nitrogens is 2. The number of carbonyl (C=O) groups is 2. The number of thiophene rings is 1. The minimum absolute atomic E-state index is 0.0286. The first-order valence-corrected chi connectivity index (χ1v) is 10.2. The molecule has 0 bridgehead atoms. The molecule has 0 spiro atoms. The maximum Gasteiger partial charge on any atom is 0.265 e. The lowest BCUT2D eigenvalue weighted by Crippen LogP contribution is -2.17. The van der Waals surface area contributed by atoms with Crippen molar-refractivity contribution in [3.8, 4) is 5.69 Å². The molecule has 0 radical (unpaired) electrons. The third-order valence-electron chi connectivity index (χ3n) is 4.54. The van der Waals surface area contributed by atoms with Gasteiger partial charge in [0.15, 0.2) is 0 Å². The minimum atomic E-state index is -0.320. The van der Waals surface area contributed by atoms with Gasteiger partial charge in [-0.3, -0.25) is 9.59 Å². The average molecular weight is 438 g/mol. The Hall–Kier alpha value is -3.56. The van der Waals surface area contributed by atoms with Crippen molar-refractivity contribution in [1.82, 2.24) is 9.78 Å². The van der Waals surface area contributed by atoms with E-state index in [2.05, 4.69) is 15.7 Å². The van der Waals surface area contributed by atoms with Crippen LogP contribution in [-0.2, 0) is 9.53 Å². The van der Waals surface area contributed by atoms with E-state index in [4.69, 9.17) is 4.74 Å². The van der Waals surface area contributed by atoms with Crippen LogP contribution in [0, 0.1) is 12.7 Å². The summed E-state index contributed by atoms with van der Waals surface area (Å²) in [5.74, 6) is -0.822. The fraction of sp³-hybridized carbons (Fsp3) is 0.136. The van der Waals surface area contributed by atoms with Gasteiger partial charge < -0.3 is 15.4 Å². The van der Waals surface area contributed by atoms with Crippen molar-refractivity contribution in [2.45, 2.75) is 6.92 Å². The van der Waals surface area contributed by atoms with Crippen LogP contribution in [0.15, 0.2) is 54.6 Å². The summed E-state index contributed by atoms with van der Waals surface area (Å²) in [6.45, 7) is 1.84. The van der Waals surface area contributed by atoms with Crippen molar-refractivity contribution in [2.75, 3.05) is 24.4 Å². The molecule has 2 aromatic carbocycles. The normalized spacial score (nSPS) is 10.9. The van der Waals surface area contributed by atoms with Gasteiger partial charge in [-0.25, -0.2) is 9.07 Å². The Morgan fingerprint density at radius 3 is 2.35 bits per heavy atom. The molecule has 2 N–H and O–H groups in total. The lowest BCUT2D eigenvalue weighted by molar-refractivity contribution is -0.119. The highest BCUT2D eigenvalue weighted by Gasteiger charge is 2.17. The summed E-state index contributed by atoms with van der Waals surface area (Å²) in [5, 5.41) is 10.9. The van der Waals surface area contributed by atoms with Crippen molar-refractivity contribution >= 4 is 44.7 Å². The van der Waals surface area contributed by atoms with Crippen molar-refractivity contribution in [1.29, 1.82) is 0 Å². The number of aryl methyl sites for hydroxylation is 1. The van der Waals surface area contributed by atoms with Gasteiger partial charge in [0.2, 0.25) is 5.91 Å². The number of hydrogen-bond donors (Lipinski definition) is 2. The number of rotatable bonds is 6. The van der Waals surface area contributed by atoms with E-state index in [9.17, 15) is 14.0 Å². The first-order chi connectivity index (χ1) is 14.9. The summed E-state index contributed by atoms with van der Waals surface area (Å²) in [4.78, 5) is 25.7. The second-order valence-corrected chi connectivity index (χ2v) is 7.85. The molecule has 7 nitrogen and oxygen atoms in total. The van der Waals surface area contributed by atoms with Crippen LogP contribution in [0.5, 0.6) is 0 Å². The highest BCUT2D eigenvalue weighted by Crippen LogP contribution is 2.31. The lowest BCUT2D eigenvalue weighted by atomic mass is 10.2. The van der Waals surface area contributed by atoms with Gasteiger partial charge in [0.25, 0.3) is 5.91 Å². The molecule has 0 saturated heterocycles. The van der Waals surface area contributed by atoms with Crippen molar-refractivity contribution in [3.05, 3.63) is 71.0 Å². The predicted molar refractivity (Wildman–Crippen MR) is 119 cm³/mol. The first kappa shape index (κ1) is 20.7. The Balaban J connectivity index is 1.52. The number of nitrogens with one attached hydrogen (secondary N) is 2. The molecule has 0 saturated carbocycles. The Morgan fingerprint density at radius 1 is 1.06 bits per heavy atom. The van der Waals surface area contributed by atoms with Crippen LogP contribution in [0.1, 0.15) is 15.4 Å².